The van der Waals surface area contributed by atoms with Crippen LogP contribution in [-0.2, 0) is 5.60 Å². The van der Waals surface area contributed by atoms with Crippen molar-refractivity contribution in [1.29, 1.82) is 0 Å². The Morgan fingerprint density at radius 3 is 2.29 bits per heavy atom. The second-order valence-corrected chi connectivity index (χ2v) is 5.73. The Morgan fingerprint density at radius 1 is 1.00 bits per heavy atom. The first-order valence-corrected chi connectivity index (χ1v) is 6.43. The first-order valence-electron chi connectivity index (χ1n) is 5.64. The van der Waals surface area contributed by atoms with Crippen molar-refractivity contribution in [2.24, 2.45) is 0 Å². The van der Waals surface area contributed by atoms with Gasteiger partial charge in [-0.15, -0.1) is 0 Å². The molecule has 0 aliphatic heterocycles. The van der Waals surface area contributed by atoms with E-state index in [2.05, 4.69) is 47.1 Å². The van der Waals surface area contributed by atoms with Gasteiger partial charge in [0, 0.05) is 4.47 Å². The largest absolute Gasteiger partial charge is 0.381 e. The van der Waals surface area contributed by atoms with Gasteiger partial charge in [0.2, 0.25) is 0 Å². The molecule has 0 radical (unpaired) electrons. The van der Waals surface area contributed by atoms with Crippen LogP contribution in [0.3, 0.4) is 0 Å². The summed E-state index contributed by atoms with van der Waals surface area (Å²) in [5.74, 6) is 0. The molecular formula is C15H13BrO. The van der Waals surface area contributed by atoms with Crippen LogP contribution in [0.25, 0.3) is 11.1 Å². The molecule has 0 aromatic heterocycles. The van der Waals surface area contributed by atoms with Gasteiger partial charge in [0.1, 0.15) is 5.60 Å². The fourth-order valence-corrected chi connectivity index (χ4v) is 2.96. The van der Waals surface area contributed by atoms with E-state index in [-0.39, 0.29) is 0 Å². The molecule has 0 heterocycles. The maximum atomic E-state index is 10.7. The smallest absolute Gasteiger partial charge is 0.113 e. The van der Waals surface area contributed by atoms with Gasteiger partial charge in [0.05, 0.1) is 0 Å². The van der Waals surface area contributed by atoms with Crippen molar-refractivity contribution in [3.05, 3.63) is 57.6 Å². The number of hydrogen-bond acceptors (Lipinski definition) is 1. The molecule has 3 rings (SSSR count). The number of rotatable bonds is 0. The quantitative estimate of drug-likeness (QED) is 0.777. The molecule has 1 atom stereocenters. The molecule has 2 heteroatoms. The molecule has 1 aliphatic rings. The summed E-state index contributed by atoms with van der Waals surface area (Å²) in [6.07, 6.45) is 0. The zero-order valence-electron chi connectivity index (χ0n) is 9.79. The van der Waals surface area contributed by atoms with E-state index in [1.807, 2.05) is 19.1 Å². The summed E-state index contributed by atoms with van der Waals surface area (Å²) in [6, 6.07) is 12.3. The summed E-state index contributed by atoms with van der Waals surface area (Å²) in [6.45, 7) is 3.92. The number of hydrogen-bond donors (Lipinski definition) is 1. The summed E-state index contributed by atoms with van der Waals surface area (Å²) in [5.41, 5.74) is 4.55. The molecule has 0 bridgehead atoms. The van der Waals surface area contributed by atoms with Gasteiger partial charge in [0.25, 0.3) is 0 Å². The average Bonchev–Trinajstić information content (AvgIpc) is 2.49. The number of benzene rings is 2. The normalized spacial score (nSPS) is 21.2. The van der Waals surface area contributed by atoms with Crippen LogP contribution in [0.4, 0.5) is 0 Å². The van der Waals surface area contributed by atoms with Crippen molar-refractivity contribution in [2.45, 2.75) is 19.4 Å². The Bertz CT molecular complexity index is 561. The molecule has 1 N–H and O–H groups in total. The molecule has 86 valence electrons. The van der Waals surface area contributed by atoms with E-state index in [9.17, 15) is 5.11 Å². The van der Waals surface area contributed by atoms with Crippen LogP contribution >= 0.6 is 15.9 Å². The van der Waals surface area contributed by atoms with E-state index in [4.69, 9.17) is 0 Å². The van der Waals surface area contributed by atoms with Gasteiger partial charge >= 0.3 is 0 Å². The van der Waals surface area contributed by atoms with Crippen molar-refractivity contribution in [3.8, 4) is 11.1 Å². The number of fused-ring (bicyclic) bond motifs is 3. The van der Waals surface area contributed by atoms with Gasteiger partial charge in [-0.25, -0.2) is 0 Å². The van der Waals surface area contributed by atoms with Gasteiger partial charge in [-0.3, -0.25) is 0 Å². The second-order valence-electron chi connectivity index (χ2n) is 4.81. The van der Waals surface area contributed by atoms with E-state index in [0.29, 0.717) is 0 Å². The van der Waals surface area contributed by atoms with Gasteiger partial charge in [0.15, 0.2) is 0 Å². The van der Waals surface area contributed by atoms with Crippen molar-refractivity contribution < 1.29 is 5.11 Å². The van der Waals surface area contributed by atoms with Crippen LogP contribution in [0.2, 0.25) is 0 Å². The third-order valence-electron chi connectivity index (χ3n) is 3.50. The zero-order valence-corrected chi connectivity index (χ0v) is 11.4. The monoisotopic (exact) mass is 288 g/mol. The van der Waals surface area contributed by atoms with Gasteiger partial charge in [-0.1, -0.05) is 45.8 Å². The summed E-state index contributed by atoms with van der Waals surface area (Å²) in [7, 11) is 0. The zero-order chi connectivity index (χ0) is 12.2. The predicted octanol–water partition coefficient (Wildman–Crippen LogP) is 3.99. The Kier molecular flexibility index (Phi) is 2.22. The topological polar surface area (TPSA) is 20.2 Å². The van der Waals surface area contributed by atoms with E-state index in [0.717, 1.165) is 26.7 Å². The lowest BCUT2D eigenvalue weighted by Crippen LogP contribution is -2.19. The van der Waals surface area contributed by atoms with E-state index in [1.54, 1.807) is 0 Å². The molecule has 0 saturated carbocycles. The summed E-state index contributed by atoms with van der Waals surface area (Å²) >= 11 is 3.46. The highest BCUT2D eigenvalue weighted by molar-refractivity contribution is 9.10. The Morgan fingerprint density at radius 2 is 1.59 bits per heavy atom. The fraction of sp³-hybridized carbons (Fsp3) is 0.200. The minimum atomic E-state index is -0.888. The van der Waals surface area contributed by atoms with Crippen molar-refractivity contribution >= 4 is 15.9 Å². The average molecular weight is 289 g/mol. The summed E-state index contributed by atoms with van der Waals surface area (Å²) in [5, 5.41) is 10.7. The molecule has 0 saturated heterocycles. The van der Waals surface area contributed by atoms with E-state index in [1.165, 1.54) is 5.56 Å². The number of aryl methyl sites for hydroxylation is 1. The molecular weight excluding hydrogens is 276 g/mol. The molecule has 17 heavy (non-hydrogen) atoms. The van der Waals surface area contributed by atoms with Gasteiger partial charge < -0.3 is 5.11 Å². The third-order valence-corrected chi connectivity index (χ3v) is 3.99. The molecule has 2 aromatic rings. The third kappa shape index (κ3) is 1.48. The molecule has 0 amide bonds. The maximum absolute atomic E-state index is 10.7. The first-order chi connectivity index (χ1) is 8.00. The number of aliphatic hydroxyl groups is 1. The SMILES string of the molecule is Cc1ccc2c(c1)C(C)(O)c1cc(Br)ccc1-2. The van der Waals surface area contributed by atoms with Crippen molar-refractivity contribution in [3.63, 3.8) is 0 Å². The summed E-state index contributed by atoms with van der Waals surface area (Å²) < 4.78 is 1.00. The minimum Gasteiger partial charge on any atom is -0.381 e. The Labute approximate surface area is 109 Å². The highest BCUT2D eigenvalue weighted by Gasteiger charge is 2.37. The number of halogens is 1. The second kappa shape index (κ2) is 3.44. The van der Waals surface area contributed by atoms with Crippen LogP contribution in [0, 0.1) is 6.92 Å². The molecule has 1 aliphatic carbocycles. The van der Waals surface area contributed by atoms with Crippen LogP contribution < -0.4 is 0 Å². The molecule has 0 spiro atoms. The lowest BCUT2D eigenvalue weighted by Gasteiger charge is -2.20. The maximum Gasteiger partial charge on any atom is 0.113 e. The van der Waals surface area contributed by atoms with Crippen molar-refractivity contribution in [1.82, 2.24) is 0 Å². The minimum absolute atomic E-state index is 0.888. The van der Waals surface area contributed by atoms with Gasteiger partial charge in [-0.05, 0) is 48.2 Å². The Balaban J connectivity index is 2.37. The van der Waals surface area contributed by atoms with Crippen LogP contribution in [-0.4, -0.2) is 5.11 Å². The Hall–Kier alpha value is -1.12. The fourth-order valence-electron chi connectivity index (χ4n) is 2.59. The lowest BCUT2D eigenvalue weighted by atomic mass is 9.93. The standard InChI is InChI=1S/C15H13BrO/c1-9-3-5-11-12-6-4-10(16)8-14(12)15(2,17)13(11)7-9/h3-8,17H,1-2H3. The van der Waals surface area contributed by atoms with Gasteiger partial charge in [-0.2, -0.15) is 0 Å². The van der Waals surface area contributed by atoms with Crippen LogP contribution in [0.5, 0.6) is 0 Å². The first kappa shape index (κ1) is 11.0. The van der Waals surface area contributed by atoms with Crippen LogP contribution in [0.1, 0.15) is 23.6 Å². The molecule has 1 nitrogen and oxygen atoms in total. The lowest BCUT2D eigenvalue weighted by molar-refractivity contribution is 0.107. The summed E-state index contributed by atoms with van der Waals surface area (Å²) in [4.78, 5) is 0. The predicted molar refractivity (Wildman–Crippen MR) is 73.0 cm³/mol. The van der Waals surface area contributed by atoms with E-state index >= 15 is 0 Å². The molecule has 1 unspecified atom stereocenters. The highest BCUT2D eigenvalue weighted by atomic mass is 79.9. The highest BCUT2D eigenvalue weighted by Crippen LogP contribution is 2.48. The molecule has 0 fully saturated rings. The molecule has 2 aromatic carbocycles. The van der Waals surface area contributed by atoms with Crippen LogP contribution in [0.15, 0.2) is 40.9 Å². The van der Waals surface area contributed by atoms with E-state index < -0.39 is 5.60 Å². The van der Waals surface area contributed by atoms with Crippen molar-refractivity contribution in [2.75, 3.05) is 0 Å².